The first kappa shape index (κ1) is 27.3. The van der Waals surface area contributed by atoms with Crippen LogP contribution in [-0.2, 0) is 12.8 Å². The van der Waals surface area contributed by atoms with Crippen LogP contribution in [0.15, 0.2) is 52.1 Å². The molecule has 0 aliphatic carbocycles. The highest BCUT2D eigenvalue weighted by Gasteiger charge is 2.11. The number of ether oxygens (including phenoxy) is 1. The first-order chi connectivity index (χ1) is 14.6. The number of guanidine groups is 1. The maximum atomic E-state index is 9.37. The lowest BCUT2D eigenvalue weighted by Crippen LogP contribution is -2.39. The molecule has 2 rings (SSSR count). The fourth-order valence-electron chi connectivity index (χ4n) is 3.40. The zero-order valence-corrected chi connectivity index (χ0v) is 21.3. The summed E-state index contributed by atoms with van der Waals surface area (Å²) in [6, 6.07) is 12.0. The lowest BCUT2D eigenvalue weighted by Gasteiger charge is -2.18. The molecule has 3 N–H and O–H groups in total. The third kappa shape index (κ3) is 11.4. The summed E-state index contributed by atoms with van der Waals surface area (Å²) < 4.78 is 10.6. The first-order valence-electron chi connectivity index (χ1n) is 10.9. The van der Waals surface area contributed by atoms with Crippen molar-refractivity contribution >= 4 is 29.9 Å². The molecule has 0 bridgehead atoms. The van der Waals surface area contributed by atoms with Crippen molar-refractivity contribution in [2.75, 3.05) is 33.4 Å². The lowest BCUT2D eigenvalue weighted by atomic mass is 9.94. The highest BCUT2D eigenvalue weighted by Crippen LogP contribution is 2.15. The number of methoxy groups -OCH3 is 1. The maximum Gasteiger partial charge on any atom is 0.191 e. The second kappa shape index (κ2) is 16.0. The molecule has 2 aromatic rings. The van der Waals surface area contributed by atoms with Gasteiger partial charge in [-0.3, -0.25) is 4.99 Å². The van der Waals surface area contributed by atoms with Crippen LogP contribution in [0.5, 0.6) is 5.75 Å². The predicted molar refractivity (Wildman–Crippen MR) is 137 cm³/mol. The zero-order chi connectivity index (χ0) is 21.6. The number of hydrogen-bond donors (Lipinski definition) is 3. The van der Waals surface area contributed by atoms with E-state index in [0.717, 1.165) is 56.2 Å². The van der Waals surface area contributed by atoms with Gasteiger partial charge in [0, 0.05) is 32.7 Å². The Morgan fingerprint density at radius 3 is 2.39 bits per heavy atom. The Hall–Kier alpha value is -1.74. The summed E-state index contributed by atoms with van der Waals surface area (Å²) >= 11 is 0. The van der Waals surface area contributed by atoms with Crippen molar-refractivity contribution in [2.24, 2.45) is 16.8 Å². The fourth-order valence-corrected chi connectivity index (χ4v) is 3.40. The van der Waals surface area contributed by atoms with Gasteiger partial charge in [-0.25, -0.2) is 0 Å². The van der Waals surface area contributed by atoms with Gasteiger partial charge in [0.25, 0.3) is 0 Å². The van der Waals surface area contributed by atoms with Crippen molar-refractivity contribution < 1.29 is 14.3 Å². The molecule has 1 atom stereocenters. The molecule has 0 fully saturated rings. The van der Waals surface area contributed by atoms with Crippen LogP contribution >= 0.6 is 24.0 Å². The van der Waals surface area contributed by atoms with Gasteiger partial charge in [-0.1, -0.05) is 26.0 Å². The standard InChI is InChI=1S/C24H37N3O3.HI/c1-19(2)17-21(12-15-28)18-27-24(26-14-11-23-5-4-16-30-23)25-13-10-20-6-8-22(29-3)9-7-20;/h4-9,16,19,21,28H,10-15,17-18H2,1-3H3,(H2,25,26,27);1H. The Morgan fingerprint density at radius 1 is 1.10 bits per heavy atom. The average molecular weight is 543 g/mol. The summed E-state index contributed by atoms with van der Waals surface area (Å²) in [5.74, 6) is 3.61. The molecule has 0 saturated heterocycles. The highest BCUT2D eigenvalue weighted by molar-refractivity contribution is 14.0. The molecule has 6 nitrogen and oxygen atoms in total. The first-order valence-corrected chi connectivity index (χ1v) is 10.9. The molecule has 174 valence electrons. The van der Waals surface area contributed by atoms with E-state index in [2.05, 4.69) is 36.6 Å². The minimum Gasteiger partial charge on any atom is -0.497 e. The van der Waals surface area contributed by atoms with Gasteiger partial charge in [-0.05, 0) is 60.9 Å². The van der Waals surface area contributed by atoms with E-state index in [9.17, 15) is 5.11 Å². The second-order valence-electron chi connectivity index (χ2n) is 7.98. The van der Waals surface area contributed by atoms with E-state index < -0.39 is 0 Å². The number of aliphatic hydroxyl groups is 1. The number of benzene rings is 1. The molecule has 7 heteroatoms. The molecule has 0 aliphatic heterocycles. The molecule has 0 radical (unpaired) electrons. The number of nitrogens with one attached hydrogen (secondary N) is 2. The molecule has 1 aromatic carbocycles. The van der Waals surface area contributed by atoms with Gasteiger partial charge in [0.1, 0.15) is 11.5 Å². The summed E-state index contributed by atoms with van der Waals surface area (Å²) in [5, 5.41) is 16.2. The molecule has 31 heavy (non-hydrogen) atoms. The Labute approximate surface area is 203 Å². The SMILES string of the molecule is COc1ccc(CCNC(=NCC(CCO)CC(C)C)NCCc2ccco2)cc1.I. The van der Waals surface area contributed by atoms with Gasteiger partial charge in [-0.2, -0.15) is 0 Å². The summed E-state index contributed by atoms with van der Waals surface area (Å²) in [6.45, 7) is 6.87. The van der Waals surface area contributed by atoms with E-state index in [1.54, 1.807) is 13.4 Å². The van der Waals surface area contributed by atoms with Crippen molar-refractivity contribution in [1.29, 1.82) is 0 Å². The van der Waals surface area contributed by atoms with Crippen LogP contribution in [0.2, 0.25) is 0 Å². The number of halogens is 1. The highest BCUT2D eigenvalue weighted by atomic mass is 127. The van der Waals surface area contributed by atoms with Gasteiger partial charge in [-0.15, -0.1) is 24.0 Å². The van der Waals surface area contributed by atoms with Gasteiger partial charge in [0.2, 0.25) is 0 Å². The van der Waals surface area contributed by atoms with Gasteiger partial charge in [0.05, 0.1) is 13.4 Å². The van der Waals surface area contributed by atoms with E-state index in [1.165, 1.54) is 5.56 Å². The van der Waals surface area contributed by atoms with Crippen LogP contribution in [0.25, 0.3) is 0 Å². The molecule has 0 spiro atoms. The van der Waals surface area contributed by atoms with Crippen molar-refractivity contribution in [3.8, 4) is 5.75 Å². The number of nitrogens with zero attached hydrogens (tertiary/aromatic N) is 1. The molecule has 0 saturated carbocycles. The van der Waals surface area contributed by atoms with Gasteiger partial charge in [0.15, 0.2) is 5.96 Å². The van der Waals surface area contributed by atoms with Crippen LogP contribution in [0.3, 0.4) is 0 Å². The number of aliphatic imine (C=N–C) groups is 1. The van der Waals surface area contributed by atoms with E-state index >= 15 is 0 Å². The monoisotopic (exact) mass is 543 g/mol. The smallest absolute Gasteiger partial charge is 0.191 e. The largest absolute Gasteiger partial charge is 0.497 e. The Balaban J connectivity index is 0.00000480. The normalized spacial score (nSPS) is 12.4. The molecule has 1 unspecified atom stereocenters. The summed E-state index contributed by atoms with van der Waals surface area (Å²) in [5.41, 5.74) is 1.25. The van der Waals surface area contributed by atoms with Crippen LogP contribution in [0, 0.1) is 11.8 Å². The lowest BCUT2D eigenvalue weighted by molar-refractivity contribution is 0.245. The summed E-state index contributed by atoms with van der Waals surface area (Å²) in [6.07, 6.45) is 5.25. The van der Waals surface area contributed by atoms with E-state index in [-0.39, 0.29) is 30.6 Å². The van der Waals surface area contributed by atoms with Crippen LogP contribution in [0.1, 0.15) is 38.0 Å². The van der Waals surface area contributed by atoms with Crippen molar-refractivity contribution in [3.63, 3.8) is 0 Å². The predicted octanol–water partition coefficient (Wildman–Crippen LogP) is 4.27. The minimum absolute atomic E-state index is 0. The quantitative estimate of drug-likeness (QED) is 0.200. The number of hydrogen-bond acceptors (Lipinski definition) is 4. The van der Waals surface area contributed by atoms with Crippen molar-refractivity contribution in [1.82, 2.24) is 10.6 Å². The number of aliphatic hydroxyl groups excluding tert-OH is 1. The summed E-state index contributed by atoms with van der Waals surface area (Å²) in [7, 11) is 1.68. The Bertz CT molecular complexity index is 718. The Kier molecular flexibility index (Phi) is 14.1. The Morgan fingerprint density at radius 2 is 1.81 bits per heavy atom. The zero-order valence-electron chi connectivity index (χ0n) is 19.0. The third-order valence-corrected chi connectivity index (χ3v) is 4.96. The van der Waals surface area contributed by atoms with Crippen molar-refractivity contribution in [3.05, 3.63) is 54.0 Å². The van der Waals surface area contributed by atoms with E-state index in [1.807, 2.05) is 24.3 Å². The molecule has 1 aromatic heterocycles. The van der Waals surface area contributed by atoms with Crippen LogP contribution < -0.4 is 15.4 Å². The number of rotatable bonds is 13. The van der Waals surface area contributed by atoms with Gasteiger partial charge >= 0.3 is 0 Å². The fraction of sp³-hybridized carbons (Fsp3) is 0.542. The second-order valence-corrected chi connectivity index (χ2v) is 7.98. The topological polar surface area (TPSA) is 79.0 Å². The third-order valence-electron chi connectivity index (χ3n) is 4.96. The average Bonchev–Trinajstić information content (AvgIpc) is 3.25. The molecular formula is C24H38IN3O3. The molecule has 0 aliphatic rings. The maximum absolute atomic E-state index is 9.37. The number of furan rings is 1. The van der Waals surface area contributed by atoms with Gasteiger partial charge < -0.3 is 24.9 Å². The summed E-state index contributed by atoms with van der Waals surface area (Å²) in [4.78, 5) is 4.81. The minimum atomic E-state index is 0. The van der Waals surface area contributed by atoms with Crippen LogP contribution in [0.4, 0.5) is 0 Å². The van der Waals surface area contributed by atoms with Crippen LogP contribution in [-0.4, -0.2) is 44.4 Å². The van der Waals surface area contributed by atoms with Crippen molar-refractivity contribution in [2.45, 2.75) is 39.5 Å². The van der Waals surface area contributed by atoms with E-state index in [4.69, 9.17) is 14.1 Å². The molecular weight excluding hydrogens is 505 g/mol. The molecule has 0 amide bonds. The molecule has 1 heterocycles. The van der Waals surface area contributed by atoms with E-state index in [0.29, 0.717) is 18.4 Å².